The van der Waals surface area contributed by atoms with E-state index in [0.29, 0.717) is 16.3 Å². The molecule has 0 amide bonds. The maximum atomic E-state index is 13.7. The van der Waals surface area contributed by atoms with Gasteiger partial charge in [-0.25, -0.2) is 14.5 Å². The molecule has 3 aromatic rings. The second-order valence-electron chi connectivity index (χ2n) is 8.83. The third-order valence-electron chi connectivity index (χ3n) is 5.75. The van der Waals surface area contributed by atoms with Crippen LogP contribution in [0.3, 0.4) is 0 Å². The lowest BCUT2D eigenvalue weighted by molar-refractivity contribution is 0.450. The van der Waals surface area contributed by atoms with Crippen molar-refractivity contribution in [2.75, 3.05) is 13.1 Å². The van der Waals surface area contributed by atoms with Crippen molar-refractivity contribution in [3.63, 3.8) is 0 Å². The Morgan fingerprint density at radius 1 is 1.08 bits per heavy atom. The summed E-state index contributed by atoms with van der Waals surface area (Å²) in [4.78, 5) is -0.0940. The van der Waals surface area contributed by atoms with Crippen molar-refractivity contribution in [2.45, 2.75) is 23.8 Å². The summed E-state index contributed by atoms with van der Waals surface area (Å²) < 4.78 is 69.2. The molecule has 1 heterocycles. The minimum atomic E-state index is -4.22. The van der Waals surface area contributed by atoms with E-state index in [1.165, 1.54) is 41.4 Å². The molecule has 4 N–H and O–H groups in total. The van der Waals surface area contributed by atoms with Crippen molar-refractivity contribution in [1.82, 2.24) is 15.0 Å². The number of nitrogens with two attached hydrogens (primary N) is 1. The Labute approximate surface area is 231 Å². The molecule has 14 heteroatoms. The molecule has 4 rings (SSSR count). The molecule has 0 unspecified atom stereocenters. The highest BCUT2D eigenvalue weighted by atomic mass is 35.5. The normalized spacial score (nSPS) is 17.1. The van der Waals surface area contributed by atoms with Crippen LogP contribution >= 0.6 is 11.6 Å². The third-order valence-corrected chi connectivity index (χ3v) is 8.01. The Morgan fingerprint density at radius 3 is 2.33 bits per heavy atom. The van der Waals surface area contributed by atoms with Crippen LogP contribution in [0.15, 0.2) is 93.3 Å². The summed E-state index contributed by atoms with van der Waals surface area (Å²) >= 11 is 5.91. The first-order valence-electron chi connectivity index (χ1n) is 11.7. The molecule has 3 aromatic carbocycles. The van der Waals surface area contributed by atoms with Gasteiger partial charge in [-0.3, -0.25) is 0 Å². The van der Waals surface area contributed by atoms with E-state index in [4.69, 9.17) is 16.7 Å². The first kappa shape index (κ1) is 28.6. The SMILES string of the molecule is C[C@@H](CN/C(=N\S(=O)(=O)c1ccc(Cl)cc1)N1C[C@H](c2ccccc2)C(c2ccc(F)cc2)=N1)NS(N)(=O)=O. The van der Waals surface area contributed by atoms with Gasteiger partial charge in [-0.15, -0.1) is 4.40 Å². The van der Waals surface area contributed by atoms with Gasteiger partial charge < -0.3 is 5.32 Å². The van der Waals surface area contributed by atoms with Gasteiger partial charge in [-0.2, -0.15) is 26.7 Å². The topological polar surface area (TPSA) is 146 Å². The standard InChI is InChI=1S/C25H26ClFN6O4S2/c1-17(31-39(28,36)37)15-29-25(32-38(34,35)22-13-9-20(26)10-14-22)33-16-23(18-5-3-2-4-6-18)24(30-33)19-7-11-21(27)12-8-19/h2-14,17,23,31H,15-16H2,1H3,(H,29,32)(H2,28,36,37)/t17-,23+/m0/s1. The molecule has 0 bridgehead atoms. The molecule has 0 aromatic heterocycles. The number of rotatable bonds is 8. The lowest BCUT2D eigenvalue weighted by Gasteiger charge is -2.21. The molecular formula is C25H26ClFN6O4S2. The molecule has 0 fully saturated rings. The second kappa shape index (κ2) is 11.8. The lowest BCUT2D eigenvalue weighted by atomic mass is 9.91. The van der Waals surface area contributed by atoms with E-state index < -0.39 is 32.1 Å². The maximum absolute atomic E-state index is 13.7. The van der Waals surface area contributed by atoms with E-state index >= 15 is 0 Å². The van der Waals surface area contributed by atoms with E-state index in [1.54, 1.807) is 19.1 Å². The highest BCUT2D eigenvalue weighted by molar-refractivity contribution is 7.90. The Balaban J connectivity index is 1.75. The van der Waals surface area contributed by atoms with E-state index in [1.807, 2.05) is 30.3 Å². The molecule has 0 aliphatic carbocycles. The van der Waals surface area contributed by atoms with Crippen LogP contribution in [0.5, 0.6) is 0 Å². The molecule has 1 aliphatic heterocycles. The number of hydrazone groups is 1. The number of benzene rings is 3. The summed E-state index contributed by atoms with van der Waals surface area (Å²) in [5.41, 5.74) is 2.14. The fraction of sp³-hybridized carbons (Fsp3) is 0.200. The molecule has 1 aliphatic rings. The average Bonchev–Trinajstić information content (AvgIpc) is 3.32. The molecular weight excluding hydrogens is 567 g/mol. The smallest absolute Gasteiger partial charge is 0.285 e. The quantitative estimate of drug-likeness (QED) is 0.271. The molecule has 0 radical (unpaired) electrons. The average molecular weight is 593 g/mol. The van der Waals surface area contributed by atoms with Gasteiger partial charge in [0.1, 0.15) is 5.82 Å². The molecule has 39 heavy (non-hydrogen) atoms. The number of nitrogens with zero attached hydrogens (tertiary/aromatic N) is 3. The molecule has 0 saturated heterocycles. The number of nitrogens with one attached hydrogen (secondary N) is 2. The van der Waals surface area contributed by atoms with Crippen LogP contribution in [0.1, 0.15) is 24.0 Å². The van der Waals surface area contributed by atoms with E-state index in [9.17, 15) is 21.2 Å². The zero-order valence-electron chi connectivity index (χ0n) is 20.7. The van der Waals surface area contributed by atoms with E-state index in [2.05, 4.69) is 19.5 Å². The summed E-state index contributed by atoms with van der Waals surface area (Å²) in [5.74, 6) is -0.840. The highest BCUT2D eigenvalue weighted by Crippen LogP contribution is 2.29. The van der Waals surface area contributed by atoms with Crippen molar-refractivity contribution in [1.29, 1.82) is 0 Å². The minimum absolute atomic E-state index is 0.0562. The monoisotopic (exact) mass is 592 g/mol. The number of halogens is 2. The van der Waals surface area contributed by atoms with Crippen molar-refractivity contribution >= 4 is 43.5 Å². The Bertz CT molecular complexity index is 1580. The van der Waals surface area contributed by atoms with Crippen molar-refractivity contribution in [3.8, 4) is 0 Å². The largest absolute Gasteiger partial charge is 0.352 e. The minimum Gasteiger partial charge on any atom is -0.352 e. The van der Waals surface area contributed by atoms with Crippen LogP contribution < -0.4 is 15.2 Å². The van der Waals surface area contributed by atoms with Gasteiger partial charge in [0, 0.05) is 23.5 Å². The number of sulfonamides is 1. The number of hydrogen-bond acceptors (Lipinski definition) is 5. The van der Waals surface area contributed by atoms with Crippen LogP contribution in [-0.2, 0) is 20.2 Å². The third kappa shape index (κ3) is 7.61. The highest BCUT2D eigenvalue weighted by Gasteiger charge is 2.32. The van der Waals surface area contributed by atoms with Crippen molar-refractivity contribution in [3.05, 3.63) is 101 Å². The van der Waals surface area contributed by atoms with Crippen molar-refractivity contribution < 1.29 is 21.2 Å². The van der Waals surface area contributed by atoms with Crippen LogP contribution in [-0.4, -0.2) is 52.6 Å². The molecule has 0 spiro atoms. The van der Waals surface area contributed by atoms with Crippen LogP contribution in [0.25, 0.3) is 0 Å². The van der Waals surface area contributed by atoms with Gasteiger partial charge in [0.15, 0.2) is 0 Å². The van der Waals surface area contributed by atoms with E-state index in [0.717, 1.165) is 5.56 Å². The second-order valence-corrected chi connectivity index (χ2v) is 12.2. The van der Waals surface area contributed by atoms with Gasteiger partial charge in [-0.05, 0) is 54.4 Å². The van der Waals surface area contributed by atoms with Gasteiger partial charge >= 0.3 is 0 Å². The maximum Gasteiger partial charge on any atom is 0.285 e. The number of hydrogen-bond donors (Lipinski definition) is 3. The fourth-order valence-electron chi connectivity index (χ4n) is 3.97. The fourth-order valence-corrected chi connectivity index (χ4v) is 5.71. The Hall–Kier alpha value is -3.36. The number of guanidine groups is 1. The summed E-state index contributed by atoms with van der Waals surface area (Å²) in [6.07, 6.45) is 0. The van der Waals surface area contributed by atoms with Crippen LogP contribution in [0.2, 0.25) is 5.02 Å². The van der Waals surface area contributed by atoms with Gasteiger partial charge in [0.25, 0.3) is 20.2 Å². The first-order chi connectivity index (χ1) is 18.4. The van der Waals surface area contributed by atoms with Gasteiger partial charge in [0.2, 0.25) is 5.96 Å². The summed E-state index contributed by atoms with van der Waals surface area (Å²) in [5, 5.41) is 14.4. The molecule has 206 valence electrons. The summed E-state index contributed by atoms with van der Waals surface area (Å²) in [6.45, 7) is 1.70. The first-order valence-corrected chi connectivity index (χ1v) is 15.1. The summed E-state index contributed by atoms with van der Waals surface area (Å²) in [6, 6.07) is 20.1. The molecule has 10 nitrogen and oxygen atoms in total. The lowest BCUT2D eigenvalue weighted by Crippen LogP contribution is -2.47. The zero-order valence-corrected chi connectivity index (χ0v) is 23.1. The molecule has 2 atom stereocenters. The Kier molecular flexibility index (Phi) is 8.67. The van der Waals surface area contributed by atoms with Gasteiger partial charge in [0.05, 0.1) is 17.2 Å². The Morgan fingerprint density at radius 2 is 1.72 bits per heavy atom. The zero-order chi connectivity index (χ0) is 28.2. The molecule has 0 saturated carbocycles. The van der Waals surface area contributed by atoms with Gasteiger partial charge in [-0.1, -0.05) is 54.1 Å². The van der Waals surface area contributed by atoms with Crippen molar-refractivity contribution in [2.24, 2.45) is 14.6 Å². The predicted octanol–water partition coefficient (Wildman–Crippen LogP) is 2.80. The predicted molar refractivity (Wildman–Crippen MR) is 149 cm³/mol. The van der Waals surface area contributed by atoms with Crippen LogP contribution in [0.4, 0.5) is 4.39 Å². The van der Waals surface area contributed by atoms with E-state index in [-0.39, 0.29) is 29.9 Å². The summed E-state index contributed by atoms with van der Waals surface area (Å²) in [7, 11) is -8.22. The van der Waals surface area contributed by atoms with Crippen LogP contribution in [0, 0.1) is 5.82 Å².